The summed E-state index contributed by atoms with van der Waals surface area (Å²) < 4.78 is 34.3. The second-order valence-electron chi connectivity index (χ2n) is 15.7. The van der Waals surface area contributed by atoms with Crippen LogP contribution < -0.4 is 0 Å². The SMILES string of the molecule is CCCCCC/C=C/CCCCCCCC(=O)OC[C@H](COP(=O)(O)OCC[N+](C)(C)C)OC(=O)CCCCCCCCCCCCCCCCC. The summed E-state index contributed by atoms with van der Waals surface area (Å²) in [5, 5.41) is 0. The van der Waals surface area contributed by atoms with E-state index in [9.17, 15) is 19.0 Å². The number of hydrogen-bond donors (Lipinski definition) is 1. The lowest BCUT2D eigenvalue weighted by atomic mass is 10.0. The lowest BCUT2D eigenvalue weighted by molar-refractivity contribution is -0.870. The Hall–Kier alpha value is -1.25. The minimum atomic E-state index is -4.37. The molecule has 308 valence electrons. The monoisotopic (exact) mass is 761 g/mol. The van der Waals surface area contributed by atoms with Gasteiger partial charge in [-0.15, -0.1) is 0 Å². The fraction of sp³-hybridized carbons (Fsp3) is 0.905. The predicted molar refractivity (Wildman–Crippen MR) is 215 cm³/mol. The smallest absolute Gasteiger partial charge is 0.462 e. The third-order valence-corrected chi connectivity index (χ3v) is 10.3. The third kappa shape index (κ3) is 38.5. The molecule has 0 aromatic heterocycles. The first-order valence-electron chi connectivity index (χ1n) is 21.4. The molecule has 10 heteroatoms. The van der Waals surface area contributed by atoms with Crippen LogP contribution in [0, 0.1) is 0 Å². The van der Waals surface area contributed by atoms with Gasteiger partial charge in [-0.2, -0.15) is 0 Å². The quantitative estimate of drug-likeness (QED) is 0.0217. The molecule has 1 N–H and O–H groups in total. The van der Waals surface area contributed by atoms with Crippen molar-refractivity contribution in [2.75, 3.05) is 47.5 Å². The maximum atomic E-state index is 12.7. The number of phosphoric acid groups is 1. The number of allylic oxidation sites excluding steroid dienone is 2. The van der Waals surface area contributed by atoms with Crippen LogP contribution in [0.4, 0.5) is 0 Å². The highest BCUT2D eigenvalue weighted by Crippen LogP contribution is 2.43. The van der Waals surface area contributed by atoms with Gasteiger partial charge in [-0.25, -0.2) is 4.57 Å². The van der Waals surface area contributed by atoms with Gasteiger partial charge in [0.25, 0.3) is 0 Å². The van der Waals surface area contributed by atoms with Gasteiger partial charge >= 0.3 is 19.8 Å². The molecule has 0 saturated heterocycles. The summed E-state index contributed by atoms with van der Waals surface area (Å²) in [4.78, 5) is 35.3. The van der Waals surface area contributed by atoms with Crippen LogP contribution in [0.1, 0.15) is 194 Å². The molecule has 1 unspecified atom stereocenters. The molecule has 0 radical (unpaired) electrons. The Morgan fingerprint density at radius 3 is 1.44 bits per heavy atom. The topological polar surface area (TPSA) is 108 Å². The number of phosphoric ester groups is 1. The number of esters is 2. The maximum Gasteiger partial charge on any atom is 0.472 e. The predicted octanol–water partition coefficient (Wildman–Crippen LogP) is 11.8. The highest BCUT2D eigenvalue weighted by atomic mass is 31.2. The first-order valence-corrected chi connectivity index (χ1v) is 22.9. The number of ether oxygens (including phenoxy) is 2. The molecule has 0 heterocycles. The number of carbonyl (C=O) groups is 2. The standard InChI is InChI=1S/C42H82NO8P/c1-6-8-10-12-14-16-18-20-21-23-25-27-29-31-33-35-42(45)51-40(39-50-52(46,47)49-37-36-43(3,4)5)38-48-41(44)34-32-30-28-26-24-22-19-17-15-13-11-9-7-2/h17,19,40H,6-16,18,20-39H2,1-5H3/p+1/b19-17+/t40-/m1/s1. The zero-order valence-corrected chi connectivity index (χ0v) is 35.5. The van der Waals surface area contributed by atoms with Gasteiger partial charge < -0.3 is 18.9 Å². The number of likely N-dealkylation sites (N-methyl/N-ethyl adjacent to an activating group) is 1. The lowest BCUT2D eigenvalue weighted by Crippen LogP contribution is -2.37. The summed E-state index contributed by atoms with van der Waals surface area (Å²) in [5.41, 5.74) is 0. The first kappa shape index (κ1) is 50.8. The highest BCUT2D eigenvalue weighted by molar-refractivity contribution is 7.47. The van der Waals surface area contributed by atoms with Crippen LogP contribution in [0.2, 0.25) is 0 Å². The van der Waals surface area contributed by atoms with E-state index in [1.165, 1.54) is 109 Å². The molecule has 0 amide bonds. The van der Waals surface area contributed by atoms with E-state index >= 15 is 0 Å². The number of rotatable bonds is 39. The third-order valence-electron chi connectivity index (χ3n) is 9.30. The van der Waals surface area contributed by atoms with Crippen LogP contribution in [0.5, 0.6) is 0 Å². The Labute approximate surface area is 320 Å². The van der Waals surface area contributed by atoms with E-state index in [0.717, 1.165) is 51.4 Å². The van der Waals surface area contributed by atoms with E-state index in [4.69, 9.17) is 18.5 Å². The Morgan fingerprint density at radius 1 is 0.577 bits per heavy atom. The number of quaternary nitrogens is 1. The Morgan fingerprint density at radius 2 is 0.981 bits per heavy atom. The lowest BCUT2D eigenvalue weighted by Gasteiger charge is -2.24. The van der Waals surface area contributed by atoms with Crippen LogP contribution in [0.15, 0.2) is 12.2 Å². The van der Waals surface area contributed by atoms with Crippen molar-refractivity contribution in [2.24, 2.45) is 0 Å². The van der Waals surface area contributed by atoms with Gasteiger partial charge in [-0.05, 0) is 38.5 Å². The van der Waals surface area contributed by atoms with Gasteiger partial charge in [0.15, 0.2) is 6.10 Å². The average Bonchev–Trinajstić information content (AvgIpc) is 3.09. The molecule has 0 fully saturated rings. The molecule has 0 aromatic carbocycles. The van der Waals surface area contributed by atoms with Crippen LogP contribution in [0.3, 0.4) is 0 Å². The summed E-state index contributed by atoms with van der Waals surface area (Å²) in [5.74, 6) is -0.801. The maximum absolute atomic E-state index is 12.7. The highest BCUT2D eigenvalue weighted by Gasteiger charge is 2.27. The van der Waals surface area contributed by atoms with Crippen molar-refractivity contribution >= 4 is 19.8 Å². The van der Waals surface area contributed by atoms with Crippen molar-refractivity contribution in [3.8, 4) is 0 Å². The van der Waals surface area contributed by atoms with Crippen molar-refractivity contribution < 1.29 is 42.1 Å². The second kappa shape index (κ2) is 35.5. The van der Waals surface area contributed by atoms with Crippen molar-refractivity contribution in [1.29, 1.82) is 0 Å². The molecule has 0 aliphatic heterocycles. The normalized spacial score (nSPS) is 13.7. The molecular weight excluding hydrogens is 677 g/mol. The van der Waals surface area contributed by atoms with Crippen LogP contribution >= 0.6 is 7.82 Å². The van der Waals surface area contributed by atoms with Crippen molar-refractivity contribution in [1.82, 2.24) is 0 Å². The van der Waals surface area contributed by atoms with Gasteiger partial charge in [0.05, 0.1) is 27.7 Å². The molecule has 2 atom stereocenters. The first-order chi connectivity index (χ1) is 25.0. The summed E-state index contributed by atoms with van der Waals surface area (Å²) in [6.45, 7) is 4.41. The fourth-order valence-corrected chi connectivity index (χ4v) is 6.63. The Balaban J connectivity index is 4.36. The van der Waals surface area contributed by atoms with Gasteiger partial charge in [0.1, 0.15) is 19.8 Å². The molecule has 0 aliphatic rings. The molecule has 0 rings (SSSR count). The van der Waals surface area contributed by atoms with E-state index in [0.29, 0.717) is 17.4 Å². The summed E-state index contributed by atoms with van der Waals surface area (Å²) >= 11 is 0. The number of hydrogen-bond acceptors (Lipinski definition) is 7. The fourth-order valence-electron chi connectivity index (χ4n) is 5.89. The average molecular weight is 761 g/mol. The Kier molecular flexibility index (Phi) is 34.6. The van der Waals surface area contributed by atoms with Gasteiger partial charge in [-0.1, -0.05) is 154 Å². The molecule has 0 spiro atoms. The number of unbranched alkanes of at least 4 members (excludes halogenated alkanes) is 23. The largest absolute Gasteiger partial charge is 0.472 e. The molecular formula is C42H83NO8P+. The van der Waals surface area contributed by atoms with E-state index in [2.05, 4.69) is 26.0 Å². The van der Waals surface area contributed by atoms with E-state index in [-0.39, 0.29) is 32.0 Å². The molecule has 9 nitrogen and oxygen atoms in total. The molecule has 0 aliphatic carbocycles. The van der Waals surface area contributed by atoms with Gasteiger partial charge in [0.2, 0.25) is 0 Å². The van der Waals surface area contributed by atoms with Crippen molar-refractivity contribution in [3.05, 3.63) is 12.2 Å². The van der Waals surface area contributed by atoms with Gasteiger partial charge in [-0.3, -0.25) is 18.6 Å². The van der Waals surface area contributed by atoms with Crippen LogP contribution in [-0.4, -0.2) is 74.9 Å². The minimum absolute atomic E-state index is 0.0335. The molecule has 52 heavy (non-hydrogen) atoms. The van der Waals surface area contributed by atoms with E-state index in [1.807, 2.05) is 21.1 Å². The van der Waals surface area contributed by atoms with Crippen LogP contribution in [-0.2, 0) is 32.7 Å². The zero-order valence-electron chi connectivity index (χ0n) is 34.6. The van der Waals surface area contributed by atoms with Crippen LogP contribution in [0.25, 0.3) is 0 Å². The second-order valence-corrected chi connectivity index (χ2v) is 17.2. The van der Waals surface area contributed by atoms with Crippen molar-refractivity contribution in [2.45, 2.75) is 200 Å². The molecule has 0 saturated carbocycles. The molecule has 0 aromatic rings. The van der Waals surface area contributed by atoms with Gasteiger partial charge in [0, 0.05) is 12.8 Å². The number of carbonyl (C=O) groups excluding carboxylic acids is 2. The number of nitrogens with zero attached hydrogens (tertiary/aromatic N) is 1. The summed E-state index contributed by atoms with van der Waals surface area (Å²) in [7, 11) is 1.48. The molecule has 0 bridgehead atoms. The minimum Gasteiger partial charge on any atom is -0.462 e. The van der Waals surface area contributed by atoms with E-state index < -0.39 is 26.5 Å². The Bertz CT molecular complexity index is 907. The van der Waals surface area contributed by atoms with Crippen molar-refractivity contribution in [3.63, 3.8) is 0 Å². The van der Waals surface area contributed by atoms with E-state index in [1.54, 1.807) is 0 Å². The summed E-state index contributed by atoms with van der Waals surface area (Å²) in [6, 6.07) is 0. The summed E-state index contributed by atoms with van der Waals surface area (Å²) in [6.07, 6.45) is 35.3. The zero-order chi connectivity index (χ0) is 38.6.